The van der Waals surface area contributed by atoms with Crippen LogP contribution in [0.1, 0.15) is 48.5 Å². The van der Waals surface area contributed by atoms with Gasteiger partial charge >= 0.3 is 29.8 Å². The molecule has 0 aromatic carbocycles. The zero-order valence-electron chi connectivity index (χ0n) is 21.6. The van der Waals surface area contributed by atoms with E-state index in [4.69, 9.17) is 28.4 Å². The van der Waals surface area contributed by atoms with Crippen LogP contribution in [0.2, 0.25) is 0 Å². The number of carbonyl (C=O) groups excluding carboxylic acids is 5. The molecule has 2 aliphatic rings. The maximum Gasteiger partial charge on any atom is 0.303 e. The Morgan fingerprint density at radius 1 is 0.811 bits per heavy atom. The molecule has 0 N–H and O–H groups in total. The average molecular weight is 529 g/mol. The van der Waals surface area contributed by atoms with E-state index in [2.05, 4.69) is 0 Å². The number of ether oxygens (including phenoxy) is 6. The molecule has 2 aliphatic heterocycles. The first-order chi connectivity index (χ1) is 17.0. The number of nitrogens with zero attached hydrogens (tertiary/aromatic N) is 1. The Labute approximate surface area is 212 Å². The lowest BCUT2D eigenvalue weighted by molar-refractivity contribution is -0.543. The van der Waals surface area contributed by atoms with Gasteiger partial charge in [0, 0.05) is 39.5 Å². The summed E-state index contributed by atoms with van der Waals surface area (Å²) in [5.41, 5.74) is -2.76. The molecule has 37 heavy (non-hydrogen) atoms. The van der Waals surface area contributed by atoms with Crippen LogP contribution in [0.25, 0.3) is 0 Å². The van der Waals surface area contributed by atoms with Gasteiger partial charge in [-0.2, -0.15) is 0 Å². The van der Waals surface area contributed by atoms with Crippen molar-refractivity contribution in [3.05, 3.63) is 22.3 Å². The highest BCUT2D eigenvalue weighted by Gasteiger charge is 2.71. The highest BCUT2D eigenvalue weighted by Crippen LogP contribution is 2.53. The molecule has 0 amide bonds. The number of hydrogen-bond acceptors (Lipinski definition) is 13. The molecular formula is C23H31NO13. The van der Waals surface area contributed by atoms with Crippen molar-refractivity contribution in [2.75, 3.05) is 6.61 Å². The summed E-state index contributed by atoms with van der Waals surface area (Å²) < 4.78 is 32.5. The van der Waals surface area contributed by atoms with E-state index in [1.54, 1.807) is 6.08 Å². The van der Waals surface area contributed by atoms with Crippen LogP contribution in [0.3, 0.4) is 0 Å². The molecule has 0 aromatic rings. The molecule has 2 bridgehead atoms. The zero-order valence-corrected chi connectivity index (χ0v) is 21.6. The van der Waals surface area contributed by atoms with Gasteiger partial charge in [-0.25, -0.2) is 0 Å². The lowest BCUT2D eigenvalue weighted by Crippen LogP contribution is -2.60. The van der Waals surface area contributed by atoms with Crippen molar-refractivity contribution in [1.82, 2.24) is 0 Å². The fraction of sp³-hybridized carbons (Fsp3) is 0.696. The fourth-order valence-corrected chi connectivity index (χ4v) is 4.93. The minimum Gasteiger partial charge on any atom is -0.462 e. The van der Waals surface area contributed by atoms with Crippen LogP contribution >= 0.6 is 0 Å². The maximum atomic E-state index is 12.2. The molecule has 0 spiro atoms. The summed E-state index contributed by atoms with van der Waals surface area (Å²) in [6, 6.07) is -1.48. The Balaban J connectivity index is 2.72. The van der Waals surface area contributed by atoms with Crippen molar-refractivity contribution in [2.24, 2.45) is 5.92 Å². The van der Waals surface area contributed by atoms with Gasteiger partial charge in [-0.05, 0) is 19.9 Å². The predicted octanol–water partition coefficient (Wildman–Crippen LogP) is 0.655. The first-order valence-corrected chi connectivity index (χ1v) is 11.4. The Hall–Kier alpha value is -3.55. The lowest BCUT2D eigenvalue weighted by atomic mass is 9.71. The lowest BCUT2D eigenvalue weighted by Gasteiger charge is -2.40. The van der Waals surface area contributed by atoms with E-state index in [0.29, 0.717) is 0 Å². The molecule has 0 radical (unpaired) electrons. The number of fused-ring (bicyclic) bond motifs is 2. The molecule has 14 heteroatoms. The van der Waals surface area contributed by atoms with E-state index in [1.165, 1.54) is 19.9 Å². The molecule has 14 nitrogen and oxygen atoms in total. The molecule has 0 saturated carbocycles. The average Bonchev–Trinajstić information content (AvgIpc) is 3.17. The van der Waals surface area contributed by atoms with Gasteiger partial charge in [0.25, 0.3) is 6.04 Å². The van der Waals surface area contributed by atoms with E-state index in [1.807, 2.05) is 0 Å². The van der Waals surface area contributed by atoms with E-state index in [0.717, 1.165) is 34.6 Å². The smallest absolute Gasteiger partial charge is 0.303 e. The molecule has 0 unspecified atom stereocenters. The summed E-state index contributed by atoms with van der Waals surface area (Å²) in [5.74, 6) is -5.63. The van der Waals surface area contributed by atoms with Crippen LogP contribution in [0.4, 0.5) is 0 Å². The number of nitro groups is 1. The van der Waals surface area contributed by atoms with Crippen LogP contribution in [-0.2, 0) is 52.4 Å². The highest BCUT2D eigenvalue weighted by atomic mass is 16.7. The highest BCUT2D eigenvalue weighted by molar-refractivity contribution is 5.69. The van der Waals surface area contributed by atoms with E-state index < -0.39 is 89.0 Å². The first kappa shape index (κ1) is 29.7. The van der Waals surface area contributed by atoms with Gasteiger partial charge in [0.1, 0.15) is 12.5 Å². The Kier molecular flexibility index (Phi) is 9.01. The van der Waals surface area contributed by atoms with Crippen LogP contribution in [0.15, 0.2) is 12.2 Å². The van der Waals surface area contributed by atoms with Crippen LogP contribution in [-0.4, -0.2) is 83.0 Å². The van der Waals surface area contributed by atoms with Gasteiger partial charge in [-0.15, -0.1) is 0 Å². The number of rotatable bonds is 11. The van der Waals surface area contributed by atoms with Gasteiger partial charge < -0.3 is 28.4 Å². The number of carbonyl (C=O) groups is 5. The van der Waals surface area contributed by atoms with E-state index in [-0.39, 0.29) is 0 Å². The molecule has 2 heterocycles. The normalized spacial score (nSPS) is 28.8. The Morgan fingerprint density at radius 3 is 1.76 bits per heavy atom. The Bertz CT molecular complexity index is 993. The second kappa shape index (κ2) is 11.2. The number of hydrogen-bond donors (Lipinski definition) is 0. The van der Waals surface area contributed by atoms with Crippen LogP contribution in [0.5, 0.6) is 0 Å². The summed E-state index contributed by atoms with van der Waals surface area (Å²) in [4.78, 5) is 71.5. The largest absolute Gasteiger partial charge is 0.462 e. The molecule has 0 aromatic heterocycles. The summed E-state index contributed by atoms with van der Waals surface area (Å²) in [5, 5.41) is 12.2. The van der Waals surface area contributed by atoms with E-state index in [9.17, 15) is 34.1 Å². The van der Waals surface area contributed by atoms with Crippen molar-refractivity contribution in [2.45, 2.75) is 90.1 Å². The van der Waals surface area contributed by atoms with Gasteiger partial charge in [0.05, 0.1) is 5.60 Å². The molecule has 2 rings (SSSR count). The third-order valence-corrected chi connectivity index (χ3v) is 6.04. The van der Waals surface area contributed by atoms with Crippen molar-refractivity contribution < 1.29 is 57.3 Å². The molecular weight excluding hydrogens is 498 g/mol. The van der Waals surface area contributed by atoms with Crippen molar-refractivity contribution in [3.63, 3.8) is 0 Å². The molecule has 206 valence electrons. The first-order valence-electron chi connectivity index (χ1n) is 11.4. The Morgan fingerprint density at radius 2 is 1.30 bits per heavy atom. The minimum atomic E-state index is -1.74. The fourth-order valence-electron chi connectivity index (χ4n) is 4.93. The zero-order chi connectivity index (χ0) is 28.3. The topological polar surface area (TPSA) is 184 Å². The standard InChI is InChI=1S/C23H31NO13/c1-11(25)32-10-16(33-12(2)26)18(34-13(3)27)20(36-15(5)29)19(35-14(4)28)17-21(24(30)31)23(7)9-8-22(17,6)37-23/h8-9,16-21H,10H2,1-7H3/t16-,17+,18-,19-,20+,21+,22+,23-/m1/s1. The van der Waals surface area contributed by atoms with Crippen LogP contribution < -0.4 is 0 Å². The predicted molar refractivity (Wildman–Crippen MR) is 120 cm³/mol. The summed E-state index contributed by atoms with van der Waals surface area (Å²) in [6.07, 6.45) is -3.53. The SMILES string of the molecule is CC(=O)OC[C@@H](OC(C)=O)[C@@H](OC(C)=O)[C@H](OC(C)=O)[C@H](OC(C)=O)[C@H]1[C@H]([N+](=O)[O-])[C@@]2(C)C=C[C@]1(C)O2. The van der Waals surface area contributed by atoms with E-state index >= 15 is 0 Å². The van der Waals surface area contributed by atoms with Gasteiger partial charge in [0.15, 0.2) is 30.0 Å². The molecule has 8 atom stereocenters. The third-order valence-electron chi connectivity index (χ3n) is 6.04. The van der Waals surface area contributed by atoms with Crippen molar-refractivity contribution in [1.29, 1.82) is 0 Å². The molecule has 0 aliphatic carbocycles. The van der Waals surface area contributed by atoms with Gasteiger partial charge in [-0.1, -0.05) is 6.08 Å². The van der Waals surface area contributed by atoms with Gasteiger partial charge in [-0.3, -0.25) is 34.1 Å². The monoisotopic (exact) mass is 529 g/mol. The molecule has 1 saturated heterocycles. The summed E-state index contributed by atoms with van der Waals surface area (Å²) >= 11 is 0. The quantitative estimate of drug-likeness (QED) is 0.120. The summed E-state index contributed by atoms with van der Waals surface area (Å²) in [6.45, 7) is 7.57. The second-order valence-electron chi connectivity index (χ2n) is 9.23. The van der Waals surface area contributed by atoms with Crippen LogP contribution in [0, 0.1) is 16.0 Å². The van der Waals surface area contributed by atoms with Crippen molar-refractivity contribution >= 4 is 29.8 Å². The number of esters is 5. The van der Waals surface area contributed by atoms with Crippen molar-refractivity contribution in [3.8, 4) is 0 Å². The second-order valence-corrected chi connectivity index (χ2v) is 9.23. The minimum absolute atomic E-state index is 0.593. The molecule has 1 fully saturated rings. The van der Waals surface area contributed by atoms with Gasteiger partial charge in [0.2, 0.25) is 0 Å². The summed E-state index contributed by atoms with van der Waals surface area (Å²) in [7, 11) is 0. The maximum absolute atomic E-state index is 12.2. The third kappa shape index (κ3) is 6.81.